The van der Waals surface area contributed by atoms with Crippen LogP contribution in [0.1, 0.15) is 30.2 Å². The van der Waals surface area contributed by atoms with Gasteiger partial charge in [0.15, 0.2) is 0 Å². The van der Waals surface area contributed by atoms with Crippen molar-refractivity contribution >= 4 is 0 Å². The normalized spacial score (nSPS) is 20.5. The summed E-state index contributed by atoms with van der Waals surface area (Å²) in [4.78, 5) is 2.32. The molecule has 22 heavy (non-hydrogen) atoms. The zero-order chi connectivity index (χ0) is 15.4. The van der Waals surface area contributed by atoms with Crippen molar-refractivity contribution in [2.24, 2.45) is 7.05 Å². The lowest BCUT2D eigenvalue weighted by molar-refractivity contribution is 0.00308. The molecule has 1 aliphatic rings. The first-order valence-electron chi connectivity index (χ1n) is 7.73. The van der Waals surface area contributed by atoms with Crippen LogP contribution >= 0.6 is 0 Å². The van der Waals surface area contributed by atoms with Crippen molar-refractivity contribution in [2.75, 3.05) is 19.7 Å². The number of furan rings is 1. The Morgan fingerprint density at radius 3 is 3.18 bits per heavy atom. The van der Waals surface area contributed by atoms with Crippen molar-refractivity contribution in [1.82, 2.24) is 14.7 Å². The second-order valence-electron chi connectivity index (χ2n) is 5.85. The topological polar surface area (TPSA) is 63.7 Å². The molecular weight excluding hydrogens is 282 g/mol. The third-order valence-corrected chi connectivity index (χ3v) is 4.05. The summed E-state index contributed by atoms with van der Waals surface area (Å²) in [5.74, 6) is 0.779. The number of hydrogen-bond acceptors (Lipinski definition) is 5. The zero-order valence-electron chi connectivity index (χ0n) is 12.9. The summed E-state index contributed by atoms with van der Waals surface area (Å²) in [7, 11) is 1.93. The molecule has 2 aromatic rings. The van der Waals surface area contributed by atoms with Gasteiger partial charge in [0.05, 0.1) is 25.2 Å². The monoisotopic (exact) mass is 305 g/mol. The minimum Gasteiger partial charge on any atom is -0.467 e. The first-order chi connectivity index (χ1) is 10.7. The van der Waals surface area contributed by atoms with Crippen LogP contribution in [0.3, 0.4) is 0 Å². The molecule has 3 heterocycles. The van der Waals surface area contributed by atoms with Crippen LogP contribution in [0.25, 0.3) is 0 Å². The van der Waals surface area contributed by atoms with Crippen LogP contribution in [-0.2, 0) is 18.4 Å². The molecule has 1 N–H and O–H groups in total. The van der Waals surface area contributed by atoms with E-state index in [0.717, 1.165) is 25.1 Å². The lowest BCUT2D eigenvalue weighted by Gasteiger charge is -2.26. The summed E-state index contributed by atoms with van der Waals surface area (Å²) in [6.45, 7) is 2.35. The fourth-order valence-electron chi connectivity index (χ4n) is 3.05. The zero-order valence-corrected chi connectivity index (χ0v) is 12.9. The average molecular weight is 305 g/mol. The fourth-order valence-corrected chi connectivity index (χ4v) is 3.05. The Labute approximate surface area is 130 Å². The highest BCUT2D eigenvalue weighted by Gasteiger charge is 2.28. The Morgan fingerprint density at radius 2 is 2.45 bits per heavy atom. The van der Waals surface area contributed by atoms with E-state index in [2.05, 4.69) is 16.2 Å². The molecule has 0 saturated carbocycles. The average Bonchev–Trinajstić information content (AvgIpc) is 3.20. The lowest BCUT2D eigenvalue weighted by atomic mass is 10.1. The van der Waals surface area contributed by atoms with Crippen LogP contribution in [-0.4, -0.2) is 45.6 Å². The van der Waals surface area contributed by atoms with Crippen LogP contribution < -0.4 is 0 Å². The second-order valence-corrected chi connectivity index (χ2v) is 5.85. The Bertz CT molecular complexity index is 567. The third kappa shape index (κ3) is 3.76. The number of rotatable bonds is 7. The van der Waals surface area contributed by atoms with E-state index >= 15 is 0 Å². The van der Waals surface area contributed by atoms with E-state index in [-0.39, 0.29) is 0 Å². The summed E-state index contributed by atoms with van der Waals surface area (Å²) in [6.07, 6.45) is 7.38. The maximum atomic E-state index is 10.2. The quantitative estimate of drug-likeness (QED) is 0.844. The van der Waals surface area contributed by atoms with Crippen LogP contribution in [0, 0.1) is 0 Å². The van der Waals surface area contributed by atoms with Crippen molar-refractivity contribution < 1.29 is 14.3 Å². The molecule has 1 fully saturated rings. The first-order valence-corrected chi connectivity index (χ1v) is 7.73. The minimum atomic E-state index is -0.493. The summed E-state index contributed by atoms with van der Waals surface area (Å²) in [5.41, 5.74) is 1.23. The maximum Gasteiger partial charge on any atom is 0.129 e. The highest BCUT2D eigenvalue weighted by molar-refractivity contribution is 5.12. The first kappa shape index (κ1) is 15.3. The number of nitrogens with zero attached hydrogens (tertiary/aromatic N) is 3. The number of aliphatic hydroxyl groups excluding tert-OH is 1. The van der Waals surface area contributed by atoms with Gasteiger partial charge in [0.25, 0.3) is 0 Å². The number of aryl methyl sites for hydroxylation is 1. The fraction of sp³-hybridized carbons (Fsp3) is 0.562. The Morgan fingerprint density at radius 1 is 1.55 bits per heavy atom. The van der Waals surface area contributed by atoms with Gasteiger partial charge in [0.2, 0.25) is 0 Å². The van der Waals surface area contributed by atoms with E-state index in [4.69, 9.17) is 9.15 Å². The van der Waals surface area contributed by atoms with Crippen molar-refractivity contribution in [1.29, 1.82) is 0 Å². The molecule has 0 aromatic carbocycles. The molecular formula is C16H23N3O3. The molecule has 0 spiro atoms. The summed E-state index contributed by atoms with van der Waals surface area (Å²) < 4.78 is 12.5. The van der Waals surface area contributed by atoms with Gasteiger partial charge in [-0.3, -0.25) is 9.58 Å². The molecule has 120 valence electrons. The molecule has 1 aliphatic heterocycles. The van der Waals surface area contributed by atoms with E-state index in [1.165, 1.54) is 5.56 Å². The summed E-state index contributed by atoms with van der Waals surface area (Å²) >= 11 is 0. The molecule has 0 amide bonds. The standard InChI is InChI=1S/C16H23N3O3/c1-18-9-13(8-17-18)16-5-2-6-19(16)10-14(20)11-21-12-15-4-3-7-22-15/h3-4,7-9,14,16,20H,2,5-6,10-12H2,1H3/t14-,16+/m1/s1. The highest BCUT2D eigenvalue weighted by atomic mass is 16.5. The third-order valence-electron chi connectivity index (χ3n) is 4.05. The van der Waals surface area contributed by atoms with Gasteiger partial charge in [-0.2, -0.15) is 5.10 Å². The second kappa shape index (κ2) is 7.09. The van der Waals surface area contributed by atoms with Crippen LogP contribution in [0.5, 0.6) is 0 Å². The molecule has 6 nitrogen and oxygen atoms in total. The van der Waals surface area contributed by atoms with Gasteiger partial charge in [0, 0.05) is 31.4 Å². The van der Waals surface area contributed by atoms with Crippen LogP contribution in [0.2, 0.25) is 0 Å². The van der Waals surface area contributed by atoms with Crippen LogP contribution in [0.4, 0.5) is 0 Å². The van der Waals surface area contributed by atoms with Crippen molar-refractivity contribution in [3.63, 3.8) is 0 Å². The Kier molecular flexibility index (Phi) is 4.92. The number of β-amino-alcohol motifs (C(OH)–C–C–N with tert-alkyl or cyclic N) is 1. The van der Waals surface area contributed by atoms with Gasteiger partial charge in [0.1, 0.15) is 12.4 Å². The van der Waals surface area contributed by atoms with Gasteiger partial charge in [-0.1, -0.05) is 0 Å². The SMILES string of the molecule is Cn1cc([C@@H]2CCCN2C[C@@H](O)COCc2ccco2)cn1. The molecule has 3 rings (SSSR count). The highest BCUT2D eigenvalue weighted by Crippen LogP contribution is 2.31. The minimum absolute atomic E-state index is 0.316. The summed E-state index contributed by atoms with van der Waals surface area (Å²) in [6, 6.07) is 4.05. The number of aromatic nitrogens is 2. The van der Waals surface area contributed by atoms with Crippen molar-refractivity contribution in [3.8, 4) is 0 Å². The van der Waals surface area contributed by atoms with Gasteiger partial charge < -0.3 is 14.3 Å². The van der Waals surface area contributed by atoms with E-state index in [0.29, 0.717) is 25.8 Å². The molecule has 1 saturated heterocycles. The predicted molar refractivity (Wildman–Crippen MR) is 81.1 cm³/mol. The maximum absolute atomic E-state index is 10.2. The Balaban J connectivity index is 1.46. The number of hydrogen-bond donors (Lipinski definition) is 1. The molecule has 0 aliphatic carbocycles. The molecule has 6 heteroatoms. The van der Waals surface area contributed by atoms with Crippen LogP contribution in [0.15, 0.2) is 35.2 Å². The van der Waals surface area contributed by atoms with Gasteiger partial charge in [-0.15, -0.1) is 0 Å². The predicted octanol–water partition coefficient (Wildman–Crippen LogP) is 1.73. The van der Waals surface area contributed by atoms with Gasteiger partial charge >= 0.3 is 0 Å². The lowest BCUT2D eigenvalue weighted by Crippen LogP contribution is -2.34. The van der Waals surface area contributed by atoms with Gasteiger partial charge in [-0.05, 0) is 31.5 Å². The van der Waals surface area contributed by atoms with Gasteiger partial charge in [-0.25, -0.2) is 0 Å². The van der Waals surface area contributed by atoms with E-state index in [9.17, 15) is 5.11 Å². The molecule has 2 aromatic heterocycles. The van der Waals surface area contributed by atoms with E-state index in [1.54, 1.807) is 6.26 Å². The molecule has 0 bridgehead atoms. The Hall–Kier alpha value is -1.63. The molecule has 0 unspecified atom stereocenters. The van der Waals surface area contributed by atoms with E-state index < -0.39 is 6.10 Å². The number of aliphatic hydroxyl groups is 1. The number of ether oxygens (including phenoxy) is 1. The largest absolute Gasteiger partial charge is 0.467 e. The molecule has 0 radical (unpaired) electrons. The van der Waals surface area contributed by atoms with Crippen molar-refractivity contribution in [3.05, 3.63) is 42.1 Å². The number of likely N-dealkylation sites (tertiary alicyclic amines) is 1. The van der Waals surface area contributed by atoms with Crippen molar-refractivity contribution in [2.45, 2.75) is 31.6 Å². The summed E-state index contributed by atoms with van der Waals surface area (Å²) in [5, 5.41) is 14.4. The van der Waals surface area contributed by atoms with E-state index in [1.807, 2.05) is 30.1 Å². The smallest absolute Gasteiger partial charge is 0.129 e. The molecule has 2 atom stereocenters.